The van der Waals surface area contributed by atoms with Crippen molar-refractivity contribution in [3.05, 3.63) is 176 Å². The Kier molecular flexibility index (Phi) is 6.83. The van der Waals surface area contributed by atoms with E-state index in [1.807, 2.05) is 84.9 Å². The summed E-state index contributed by atoms with van der Waals surface area (Å²) in [4.78, 5) is 15.1. The molecule has 0 N–H and O–H groups in total. The van der Waals surface area contributed by atoms with Crippen molar-refractivity contribution in [2.75, 3.05) is 0 Å². The molecule has 4 aromatic heterocycles. The van der Waals surface area contributed by atoms with Gasteiger partial charge in [-0.05, 0) is 70.8 Å². The van der Waals surface area contributed by atoms with E-state index in [9.17, 15) is 0 Å². The summed E-state index contributed by atoms with van der Waals surface area (Å²) in [6, 6.07) is 60.0. The second kappa shape index (κ2) is 12.3. The normalized spacial score (nSPS) is 11.9. The minimum atomic E-state index is 0.578. The summed E-state index contributed by atoms with van der Waals surface area (Å²) in [5, 5.41) is 6.46. The fraction of sp³-hybridized carbons (Fsp3) is 0. The zero-order valence-corrected chi connectivity index (χ0v) is 30.3. The molecule has 0 saturated carbocycles. The van der Waals surface area contributed by atoms with Gasteiger partial charge in [-0.2, -0.15) is 0 Å². The summed E-state index contributed by atoms with van der Waals surface area (Å²) >= 11 is 0. The predicted octanol–water partition coefficient (Wildman–Crippen LogP) is 13.9. The van der Waals surface area contributed by atoms with Crippen molar-refractivity contribution in [3.63, 3.8) is 0 Å². The van der Waals surface area contributed by atoms with E-state index in [1.54, 1.807) is 0 Å². The van der Waals surface area contributed by atoms with Crippen LogP contribution in [0.3, 0.4) is 0 Å². The van der Waals surface area contributed by atoms with Crippen molar-refractivity contribution in [1.29, 1.82) is 0 Å². The van der Waals surface area contributed by atoms with Crippen molar-refractivity contribution in [2.24, 2.45) is 0 Å². The Labute approximate surface area is 325 Å². The molecule has 8 aromatic carbocycles. The van der Waals surface area contributed by atoms with Crippen LogP contribution in [0.15, 0.2) is 189 Å². The van der Waals surface area contributed by atoms with Gasteiger partial charge in [-0.1, -0.05) is 121 Å². The molecule has 6 heteroatoms. The van der Waals surface area contributed by atoms with Gasteiger partial charge in [0.2, 0.25) is 0 Å². The topological polar surface area (TPSA) is 78.1 Å². The minimum absolute atomic E-state index is 0.578. The van der Waals surface area contributed by atoms with E-state index < -0.39 is 0 Å². The van der Waals surface area contributed by atoms with E-state index in [4.69, 9.17) is 28.2 Å². The van der Waals surface area contributed by atoms with Crippen LogP contribution in [0.1, 0.15) is 0 Å². The lowest BCUT2D eigenvalue weighted by molar-refractivity contribution is 0.656. The van der Waals surface area contributed by atoms with Gasteiger partial charge in [-0.3, -0.25) is 0 Å². The molecule has 0 fully saturated rings. The van der Waals surface area contributed by atoms with Crippen LogP contribution in [0, 0.1) is 0 Å². The number of rotatable bonds is 5. The number of hydrogen-bond acceptors (Lipinski definition) is 6. The Bertz CT molecular complexity index is 3540. The molecule has 12 aromatic rings. The van der Waals surface area contributed by atoms with Crippen LogP contribution in [0.25, 0.3) is 122 Å². The van der Waals surface area contributed by atoms with Gasteiger partial charge >= 0.3 is 0 Å². The molecule has 0 spiro atoms. The molecule has 266 valence electrons. The zero-order valence-electron chi connectivity index (χ0n) is 30.3. The van der Waals surface area contributed by atoms with Gasteiger partial charge in [-0.15, -0.1) is 0 Å². The van der Waals surface area contributed by atoms with E-state index in [-0.39, 0.29) is 0 Å². The lowest BCUT2D eigenvalue weighted by atomic mass is 9.95. The largest absolute Gasteiger partial charge is 0.456 e. The number of furan rings is 3. The highest BCUT2D eigenvalue weighted by Crippen LogP contribution is 2.41. The molecule has 0 aliphatic rings. The molecule has 0 aliphatic carbocycles. The Morgan fingerprint density at radius 3 is 1.51 bits per heavy atom. The summed E-state index contributed by atoms with van der Waals surface area (Å²) in [7, 11) is 0. The molecule has 0 aliphatic heterocycles. The first-order valence-electron chi connectivity index (χ1n) is 18.9. The summed E-state index contributed by atoms with van der Waals surface area (Å²) < 4.78 is 18.9. The van der Waals surface area contributed by atoms with Crippen molar-refractivity contribution < 1.29 is 13.3 Å². The first-order chi connectivity index (χ1) is 28.2. The third-order valence-electron chi connectivity index (χ3n) is 10.9. The average Bonchev–Trinajstić information content (AvgIpc) is 3.96. The fourth-order valence-corrected chi connectivity index (χ4v) is 8.21. The second-order valence-electron chi connectivity index (χ2n) is 14.4. The van der Waals surface area contributed by atoms with Crippen molar-refractivity contribution in [3.8, 4) is 56.4 Å². The number of nitrogens with zero attached hydrogens (tertiary/aromatic N) is 3. The third kappa shape index (κ3) is 5.15. The highest BCUT2D eigenvalue weighted by Gasteiger charge is 2.18. The highest BCUT2D eigenvalue weighted by molar-refractivity contribution is 6.18. The van der Waals surface area contributed by atoms with Crippen molar-refractivity contribution in [1.82, 2.24) is 15.0 Å². The van der Waals surface area contributed by atoms with Crippen LogP contribution in [-0.4, -0.2) is 15.0 Å². The Balaban J connectivity index is 0.967. The monoisotopic (exact) mass is 731 g/mol. The molecular formula is C51H29N3O3. The minimum Gasteiger partial charge on any atom is -0.456 e. The highest BCUT2D eigenvalue weighted by atomic mass is 16.3. The van der Waals surface area contributed by atoms with Crippen LogP contribution < -0.4 is 0 Å². The van der Waals surface area contributed by atoms with Gasteiger partial charge in [0.05, 0.1) is 0 Å². The van der Waals surface area contributed by atoms with E-state index in [2.05, 4.69) is 91.0 Å². The maximum absolute atomic E-state index is 6.43. The summed E-state index contributed by atoms with van der Waals surface area (Å²) in [5.41, 5.74) is 12.0. The van der Waals surface area contributed by atoms with E-state index >= 15 is 0 Å². The summed E-state index contributed by atoms with van der Waals surface area (Å²) in [6.07, 6.45) is 0. The van der Waals surface area contributed by atoms with Gasteiger partial charge in [0, 0.05) is 55.1 Å². The molecule has 0 amide bonds. The molecule has 6 nitrogen and oxygen atoms in total. The molecular weight excluding hydrogens is 703 g/mol. The molecule has 0 unspecified atom stereocenters. The molecule has 4 heterocycles. The molecule has 0 saturated heterocycles. The number of benzene rings is 8. The maximum Gasteiger partial charge on any atom is 0.164 e. The molecule has 57 heavy (non-hydrogen) atoms. The molecule has 12 rings (SSSR count). The molecule has 0 radical (unpaired) electrons. The second-order valence-corrected chi connectivity index (χ2v) is 14.4. The molecule has 0 bridgehead atoms. The quantitative estimate of drug-likeness (QED) is 0.175. The van der Waals surface area contributed by atoms with E-state index in [0.717, 1.165) is 105 Å². The van der Waals surface area contributed by atoms with Gasteiger partial charge in [-0.25, -0.2) is 15.0 Å². The van der Waals surface area contributed by atoms with Gasteiger partial charge in [0.25, 0.3) is 0 Å². The maximum atomic E-state index is 6.43. The number of hydrogen-bond donors (Lipinski definition) is 0. The van der Waals surface area contributed by atoms with Crippen molar-refractivity contribution >= 4 is 65.8 Å². The summed E-state index contributed by atoms with van der Waals surface area (Å²) in [5.74, 6) is 1.78. The number of fused-ring (bicyclic) bond motifs is 9. The fourth-order valence-electron chi connectivity index (χ4n) is 8.21. The van der Waals surface area contributed by atoms with Crippen LogP contribution in [0.4, 0.5) is 0 Å². The first-order valence-corrected chi connectivity index (χ1v) is 18.9. The first kappa shape index (κ1) is 31.5. The van der Waals surface area contributed by atoms with Crippen LogP contribution >= 0.6 is 0 Å². The Hall–Kier alpha value is -7.83. The van der Waals surface area contributed by atoms with Gasteiger partial charge < -0.3 is 13.3 Å². The predicted molar refractivity (Wildman–Crippen MR) is 229 cm³/mol. The Morgan fingerprint density at radius 2 is 0.754 bits per heavy atom. The van der Waals surface area contributed by atoms with Crippen molar-refractivity contribution in [2.45, 2.75) is 0 Å². The smallest absolute Gasteiger partial charge is 0.164 e. The molecule has 0 atom stereocenters. The lowest BCUT2D eigenvalue weighted by Crippen LogP contribution is -2.00. The standard InChI is InChI=1S/C51H29N3O3/c1-2-11-30(12-3-1)49-52-50(54-51(53-49)35-23-24-39-37-17-4-6-20-42(37)55-45(39)27-35)34-16-9-14-32(26-34)31-13-8-15-33(25-31)36-19-10-22-44-48(36)41-28-40-38-18-5-7-21-43(38)56-46(40)29-47(41)57-44/h1-29H. The van der Waals surface area contributed by atoms with Crippen LogP contribution in [-0.2, 0) is 0 Å². The lowest BCUT2D eigenvalue weighted by Gasteiger charge is -2.11. The Morgan fingerprint density at radius 1 is 0.263 bits per heavy atom. The van der Waals surface area contributed by atoms with E-state index in [0.29, 0.717) is 17.5 Å². The van der Waals surface area contributed by atoms with Gasteiger partial charge in [0.1, 0.15) is 33.5 Å². The number of aromatic nitrogens is 3. The van der Waals surface area contributed by atoms with Gasteiger partial charge in [0.15, 0.2) is 17.5 Å². The van der Waals surface area contributed by atoms with Crippen LogP contribution in [0.2, 0.25) is 0 Å². The zero-order chi connectivity index (χ0) is 37.5. The average molecular weight is 732 g/mol. The van der Waals surface area contributed by atoms with Crippen LogP contribution in [0.5, 0.6) is 0 Å². The van der Waals surface area contributed by atoms with E-state index in [1.165, 1.54) is 0 Å². The number of para-hydroxylation sites is 2. The third-order valence-corrected chi connectivity index (χ3v) is 10.9. The summed E-state index contributed by atoms with van der Waals surface area (Å²) in [6.45, 7) is 0. The SMILES string of the molecule is c1ccc(-c2nc(-c3cccc(-c4cccc(-c5cccc6oc7cc8oc9ccccc9c8cc7c56)c4)c3)nc(-c3ccc4c(c3)oc3ccccc34)n2)cc1.